The van der Waals surface area contributed by atoms with Crippen LogP contribution >= 0.6 is 0 Å². The van der Waals surface area contributed by atoms with Crippen LogP contribution in [0.1, 0.15) is 13.8 Å². The van der Waals surface area contributed by atoms with E-state index in [0.717, 1.165) is 52.7 Å². The molecule has 0 saturated heterocycles. The maximum Gasteiger partial charge on any atom is 0.138 e. The summed E-state index contributed by atoms with van der Waals surface area (Å²) in [6.07, 6.45) is 1.94. The lowest BCUT2D eigenvalue weighted by Crippen LogP contribution is -2.21. The molecule has 0 unspecified atom stereocenters. The van der Waals surface area contributed by atoms with Gasteiger partial charge in [0.25, 0.3) is 0 Å². The molecular formula is C25H23N3O. The van der Waals surface area contributed by atoms with Gasteiger partial charge in [-0.3, -0.25) is 0 Å². The first-order chi connectivity index (χ1) is 14.3. The minimum absolute atomic E-state index is 0.858. The summed E-state index contributed by atoms with van der Waals surface area (Å²) in [6, 6.07) is 24.9. The van der Waals surface area contributed by atoms with Crippen molar-refractivity contribution in [2.75, 3.05) is 18.0 Å². The second-order valence-corrected chi connectivity index (χ2v) is 7.11. The molecule has 0 fully saturated rings. The molecule has 0 amide bonds. The predicted molar refractivity (Wildman–Crippen MR) is 118 cm³/mol. The second kappa shape index (κ2) is 7.13. The number of para-hydroxylation sites is 2. The van der Waals surface area contributed by atoms with E-state index in [4.69, 9.17) is 9.84 Å². The predicted octanol–water partition coefficient (Wildman–Crippen LogP) is 6.16. The molecule has 4 aromatic rings. The van der Waals surface area contributed by atoms with Crippen LogP contribution in [0.3, 0.4) is 0 Å². The first kappa shape index (κ1) is 17.6. The number of rotatable bonds is 4. The van der Waals surface area contributed by atoms with Crippen molar-refractivity contribution in [2.24, 2.45) is 0 Å². The van der Waals surface area contributed by atoms with Crippen molar-refractivity contribution in [1.82, 2.24) is 9.78 Å². The number of hydrogen-bond donors (Lipinski definition) is 0. The van der Waals surface area contributed by atoms with E-state index in [0.29, 0.717) is 0 Å². The summed E-state index contributed by atoms with van der Waals surface area (Å²) in [6.45, 7) is 6.26. The van der Waals surface area contributed by atoms with Crippen molar-refractivity contribution in [3.8, 4) is 39.6 Å². The fraction of sp³-hybridized carbons (Fsp3) is 0.160. The quantitative estimate of drug-likeness (QED) is 0.373. The molecule has 1 aliphatic heterocycles. The van der Waals surface area contributed by atoms with Gasteiger partial charge in [0.1, 0.15) is 11.5 Å². The SMILES string of the molecule is CCN(CC)c1ccc2c(c1)Oc1ccccc1-c1cnn(-c3ccccc3)c1-2. The fourth-order valence-corrected chi connectivity index (χ4v) is 4.04. The number of nitrogens with zero attached hydrogens (tertiary/aromatic N) is 3. The smallest absolute Gasteiger partial charge is 0.138 e. The number of ether oxygens (including phenoxy) is 1. The summed E-state index contributed by atoms with van der Waals surface area (Å²) in [5.41, 5.74) is 6.45. The van der Waals surface area contributed by atoms with Crippen LogP contribution in [0, 0.1) is 0 Å². The maximum absolute atomic E-state index is 6.45. The molecule has 2 heterocycles. The highest BCUT2D eigenvalue weighted by Crippen LogP contribution is 2.48. The molecule has 4 heteroatoms. The summed E-state index contributed by atoms with van der Waals surface area (Å²) in [5.74, 6) is 1.72. The summed E-state index contributed by atoms with van der Waals surface area (Å²) >= 11 is 0. The lowest BCUT2D eigenvalue weighted by atomic mass is 10.0. The van der Waals surface area contributed by atoms with Crippen LogP contribution in [0.15, 0.2) is 79.0 Å². The van der Waals surface area contributed by atoms with Gasteiger partial charge < -0.3 is 9.64 Å². The molecule has 1 aliphatic rings. The van der Waals surface area contributed by atoms with Crippen LogP contribution in [0.4, 0.5) is 5.69 Å². The van der Waals surface area contributed by atoms with Crippen LogP contribution in [-0.4, -0.2) is 22.9 Å². The highest BCUT2D eigenvalue weighted by atomic mass is 16.5. The Morgan fingerprint density at radius 3 is 2.34 bits per heavy atom. The van der Waals surface area contributed by atoms with E-state index >= 15 is 0 Å². The Kier molecular flexibility index (Phi) is 4.32. The summed E-state index contributed by atoms with van der Waals surface area (Å²) in [4.78, 5) is 2.33. The Bertz CT molecular complexity index is 1160. The van der Waals surface area contributed by atoms with Crippen molar-refractivity contribution in [3.63, 3.8) is 0 Å². The lowest BCUT2D eigenvalue weighted by molar-refractivity contribution is 0.487. The van der Waals surface area contributed by atoms with Crippen molar-refractivity contribution in [2.45, 2.75) is 13.8 Å². The van der Waals surface area contributed by atoms with E-state index in [1.165, 1.54) is 5.69 Å². The molecule has 0 spiro atoms. The lowest BCUT2D eigenvalue weighted by Gasteiger charge is -2.22. The molecule has 29 heavy (non-hydrogen) atoms. The summed E-state index contributed by atoms with van der Waals surface area (Å²) < 4.78 is 8.46. The molecular weight excluding hydrogens is 358 g/mol. The maximum atomic E-state index is 6.45. The van der Waals surface area contributed by atoms with Gasteiger partial charge in [0.05, 0.1) is 17.6 Å². The average molecular weight is 381 g/mol. The number of benzene rings is 3. The van der Waals surface area contributed by atoms with Gasteiger partial charge in [-0.25, -0.2) is 4.68 Å². The molecule has 4 nitrogen and oxygen atoms in total. The average Bonchev–Trinajstić information content (AvgIpc) is 3.15. The Hall–Kier alpha value is -3.53. The van der Waals surface area contributed by atoms with Gasteiger partial charge in [0.2, 0.25) is 0 Å². The van der Waals surface area contributed by atoms with Crippen molar-refractivity contribution in [3.05, 3.63) is 79.0 Å². The van der Waals surface area contributed by atoms with E-state index in [2.05, 4.69) is 55.1 Å². The molecule has 0 atom stereocenters. The van der Waals surface area contributed by atoms with E-state index < -0.39 is 0 Å². The monoisotopic (exact) mass is 381 g/mol. The van der Waals surface area contributed by atoms with Gasteiger partial charge in [-0.2, -0.15) is 5.10 Å². The number of anilines is 1. The second-order valence-electron chi connectivity index (χ2n) is 7.11. The summed E-state index contributed by atoms with van der Waals surface area (Å²) in [7, 11) is 0. The Morgan fingerprint density at radius 1 is 0.793 bits per heavy atom. The van der Waals surface area contributed by atoms with Crippen LogP contribution in [0.25, 0.3) is 28.1 Å². The molecule has 144 valence electrons. The van der Waals surface area contributed by atoms with Crippen LogP contribution in [-0.2, 0) is 0 Å². The third-order valence-corrected chi connectivity index (χ3v) is 5.52. The molecule has 0 bridgehead atoms. The van der Waals surface area contributed by atoms with Gasteiger partial charge in [0, 0.05) is 41.5 Å². The molecule has 5 rings (SSSR count). The van der Waals surface area contributed by atoms with Gasteiger partial charge in [0.15, 0.2) is 0 Å². The first-order valence-electron chi connectivity index (χ1n) is 10.1. The molecule has 0 aliphatic carbocycles. The zero-order chi connectivity index (χ0) is 19.8. The van der Waals surface area contributed by atoms with Crippen molar-refractivity contribution in [1.29, 1.82) is 0 Å². The third-order valence-electron chi connectivity index (χ3n) is 5.52. The molecule has 3 aromatic carbocycles. The number of hydrogen-bond acceptors (Lipinski definition) is 3. The third kappa shape index (κ3) is 2.88. The molecule has 0 radical (unpaired) electrons. The van der Waals surface area contributed by atoms with Crippen LogP contribution in [0.2, 0.25) is 0 Å². The van der Waals surface area contributed by atoms with Crippen LogP contribution < -0.4 is 9.64 Å². The highest BCUT2D eigenvalue weighted by molar-refractivity contribution is 5.90. The van der Waals surface area contributed by atoms with Crippen molar-refractivity contribution < 1.29 is 4.74 Å². The molecule has 0 saturated carbocycles. The number of fused-ring (bicyclic) bond motifs is 5. The fourth-order valence-electron chi connectivity index (χ4n) is 4.04. The van der Waals surface area contributed by atoms with Crippen LogP contribution in [0.5, 0.6) is 11.5 Å². The zero-order valence-electron chi connectivity index (χ0n) is 16.7. The Labute approximate surface area is 171 Å². The Morgan fingerprint density at radius 2 is 1.55 bits per heavy atom. The van der Waals surface area contributed by atoms with E-state index in [1.807, 2.05) is 47.3 Å². The largest absolute Gasteiger partial charge is 0.456 e. The van der Waals surface area contributed by atoms with Gasteiger partial charge >= 0.3 is 0 Å². The normalized spacial score (nSPS) is 11.7. The van der Waals surface area contributed by atoms with Crippen molar-refractivity contribution >= 4 is 5.69 Å². The topological polar surface area (TPSA) is 30.3 Å². The van der Waals surface area contributed by atoms with E-state index in [9.17, 15) is 0 Å². The van der Waals surface area contributed by atoms with Gasteiger partial charge in [-0.05, 0) is 44.2 Å². The highest BCUT2D eigenvalue weighted by Gasteiger charge is 2.25. The Balaban J connectivity index is 1.78. The van der Waals surface area contributed by atoms with E-state index in [1.54, 1.807) is 0 Å². The molecule has 0 N–H and O–H groups in total. The summed E-state index contributed by atoms with van der Waals surface area (Å²) in [5, 5.41) is 4.75. The van der Waals surface area contributed by atoms with Gasteiger partial charge in [-0.15, -0.1) is 0 Å². The minimum atomic E-state index is 0.858. The first-order valence-corrected chi connectivity index (χ1v) is 10.1. The van der Waals surface area contributed by atoms with E-state index in [-0.39, 0.29) is 0 Å². The number of aromatic nitrogens is 2. The minimum Gasteiger partial charge on any atom is -0.456 e. The molecule has 1 aromatic heterocycles. The standard InChI is InChI=1S/C25H23N3O/c1-3-27(4-2)19-14-15-21-24(16-19)29-23-13-9-8-12-20(23)22-17-26-28(25(21)22)18-10-6-5-7-11-18/h5-17H,3-4H2,1-2H3. The zero-order valence-corrected chi connectivity index (χ0v) is 16.7. The van der Waals surface area contributed by atoms with Gasteiger partial charge in [-0.1, -0.05) is 36.4 Å².